The maximum Gasteiger partial charge on any atom is 0.417 e. The van der Waals surface area contributed by atoms with Crippen LogP contribution in [-0.2, 0) is 11.7 Å². The Labute approximate surface area is 103 Å². The Morgan fingerprint density at radius 2 is 1.67 bits per heavy atom. The Morgan fingerprint density at radius 1 is 1.00 bits per heavy atom. The van der Waals surface area contributed by atoms with Gasteiger partial charge in [0, 0.05) is 5.54 Å². The first-order chi connectivity index (χ1) is 8.19. The van der Waals surface area contributed by atoms with Crippen LogP contribution in [0.1, 0.15) is 25.0 Å². The molecule has 0 spiro atoms. The molecule has 96 valence electrons. The number of benzene rings is 2. The molecule has 0 bridgehead atoms. The van der Waals surface area contributed by atoms with Crippen molar-refractivity contribution in [3.05, 3.63) is 47.5 Å². The van der Waals surface area contributed by atoms with E-state index >= 15 is 0 Å². The molecule has 2 aromatic rings. The van der Waals surface area contributed by atoms with Crippen LogP contribution < -0.4 is 5.73 Å². The van der Waals surface area contributed by atoms with Crippen LogP contribution in [0.5, 0.6) is 0 Å². The molecule has 2 N–H and O–H groups in total. The molecule has 0 radical (unpaired) electrons. The molecule has 2 rings (SSSR count). The van der Waals surface area contributed by atoms with Gasteiger partial charge in [-0.2, -0.15) is 13.2 Å². The van der Waals surface area contributed by atoms with E-state index in [2.05, 4.69) is 0 Å². The molecule has 18 heavy (non-hydrogen) atoms. The Morgan fingerprint density at radius 3 is 2.22 bits per heavy atom. The van der Waals surface area contributed by atoms with E-state index in [1.165, 1.54) is 12.1 Å². The molecule has 0 aromatic heterocycles. The van der Waals surface area contributed by atoms with Gasteiger partial charge < -0.3 is 5.73 Å². The van der Waals surface area contributed by atoms with Crippen molar-refractivity contribution in [2.75, 3.05) is 0 Å². The lowest BCUT2D eigenvalue weighted by Gasteiger charge is -2.20. The lowest BCUT2D eigenvalue weighted by atomic mass is 9.92. The van der Waals surface area contributed by atoms with Crippen LogP contribution in [0.4, 0.5) is 13.2 Å². The summed E-state index contributed by atoms with van der Waals surface area (Å²) in [5.41, 5.74) is 5.59. The van der Waals surface area contributed by atoms with E-state index in [-0.39, 0.29) is 5.39 Å². The molecule has 0 atom stereocenters. The highest BCUT2D eigenvalue weighted by Crippen LogP contribution is 2.35. The average molecular weight is 253 g/mol. The summed E-state index contributed by atoms with van der Waals surface area (Å²) in [4.78, 5) is 0. The van der Waals surface area contributed by atoms with Gasteiger partial charge in [0.1, 0.15) is 0 Å². The Hall–Kier alpha value is -1.55. The van der Waals surface area contributed by atoms with E-state index in [0.29, 0.717) is 5.39 Å². The summed E-state index contributed by atoms with van der Waals surface area (Å²) in [7, 11) is 0. The second-order valence-electron chi connectivity index (χ2n) is 4.96. The zero-order valence-electron chi connectivity index (χ0n) is 10.2. The summed E-state index contributed by atoms with van der Waals surface area (Å²) in [5, 5.41) is 0.763. The van der Waals surface area contributed by atoms with E-state index in [4.69, 9.17) is 5.73 Å². The second kappa shape index (κ2) is 3.99. The predicted octanol–water partition coefficient (Wildman–Crippen LogP) is 4.05. The van der Waals surface area contributed by atoms with Crippen molar-refractivity contribution in [3.8, 4) is 0 Å². The third kappa shape index (κ3) is 2.34. The fourth-order valence-corrected chi connectivity index (χ4v) is 1.93. The fraction of sp³-hybridized carbons (Fsp3) is 0.286. The topological polar surface area (TPSA) is 26.0 Å². The fourth-order valence-electron chi connectivity index (χ4n) is 1.93. The van der Waals surface area contributed by atoms with E-state index in [9.17, 15) is 13.2 Å². The van der Waals surface area contributed by atoms with Crippen molar-refractivity contribution >= 4 is 10.8 Å². The van der Waals surface area contributed by atoms with Gasteiger partial charge in [-0.25, -0.2) is 0 Å². The molecule has 2 aromatic carbocycles. The highest BCUT2D eigenvalue weighted by Gasteiger charge is 2.32. The van der Waals surface area contributed by atoms with Crippen LogP contribution in [0.2, 0.25) is 0 Å². The molecule has 0 heterocycles. The van der Waals surface area contributed by atoms with Crippen LogP contribution >= 0.6 is 0 Å². The monoisotopic (exact) mass is 253 g/mol. The highest BCUT2D eigenvalue weighted by molar-refractivity contribution is 5.87. The van der Waals surface area contributed by atoms with E-state index < -0.39 is 17.3 Å². The van der Waals surface area contributed by atoms with Gasteiger partial charge in [0.25, 0.3) is 0 Å². The summed E-state index contributed by atoms with van der Waals surface area (Å²) in [5.74, 6) is 0. The minimum Gasteiger partial charge on any atom is -0.322 e. The number of hydrogen-bond donors (Lipinski definition) is 1. The summed E-state index contributed by atoms with van der Waals surface area (Å²) in [6.07, 6.45) is -4.33. The Bertz CT molecular complexity index is 580. The minimum absolute atomic E-state index is 0.206. The number of hydrogen-bond acceptors (Lipinski definition) is 1. The number of nitrogens with two attached hydrogens (primary N) is 1. The van der Waals surface area contributed by atoms with E-state index in [1.807, 2.05) is 13.8 Å². The molecule has 0 aliphatic heterocycles. The van der Waals surface area contributed by atoms with Crippen molar-refractivity contribution < 1.29 is 13.2 Å². The standard InChI is InChI=1S/C14H14F3N/c1-13(2,18)10-6-7-11-9(8-10)4-3-5-12(11)14(15,16)17/h3-8H,18H2,1-2H3. The SMILES string of the molecule is CC(C)(N)c1ccc2c(C(F)(F)F)cccc2c1. The van der Waals surface area contributed by atoms with Gasteiger partial charge >= 0.3 is 6.18 Å². The number of rotatable bonds is 1. The quantitative estimate of drug-likeness (QED) is 0.815. The van der Waals surface area contributed by atoms with Gasteiger partial charge in [-0.1, -0.05) is 24.3 Å². The largest absolute Gasteiger partial charge is 0.417 e. The lowest BCUT2D eigenvalue weighted by molar-refractivity contribution is -0.136. The third-order valence-electron chi connectivity index (χ3n) is 2.93. The predicted molar refractivity (Wildman–Crippen MR) is 66.2 cm³/mol. The van der Waals surface area contributed by atoms with Crippen molar-refractivity contribution in [2.24, 2.45) is 5.73 Å². The van der Waals surface area contributed by atoms with Crippen LogP contribution in [0.25, 0.3) is 10.8 Å². The first-order valence-corrected chi connectivity index (χ1v) is 5.59. The molecule has 0 aliphatic carbocycles. The van der Waals surface area contributed by atoms with Gasteiger partial charge in [0.05, 0.1) is 5.56 Å². The third-order valence-corrected chi connectivity index (χ3v) is 2.93. The molecule has 0 aliphatic rings. The van der Waals surface area contributed by atoms with Gasteiger partial charge in [-0.15, -0.1) is 0 Å². The minimum atomic E-state index is -4.33. The van der Waals surface area contributed by atoms with Gasteiger partial charge in [-0.3, -0.25) is 0 Å². The highest BCUT2D eigenvalue weighted by atomic mass is 19.4. The molecule has 4 heteroatoms. The van der Waals surface area contributed by atoms with Crippen molar-refractivity contribution in [2.45, 2.75) is 25.6 Å². The van der Waals surface area contributed by atoms with Gasteiger partial charge in [-0.05, 0) is 42.3 Å². The molecule has 0 fully saturated rings. The van der Waals surface area contributed by atoms with Crippen LogP contribution in [0.3, 0.4) is 0 Å². The first kappa shape index (κ1) is 12.9. The number of alkyl halides is 3. The maximum atomic E-state index is 12.8. The lowest BCUT2D eigenvalue weighted by Crippen LogP contribution is -2.28. The van der Waals surface area contributed by atoms with Crippen LogP contribution in [0, 0.1) is 0 Å². The normalized spacial score (nSPS) is 13.0. The average Bonchev–Trinajstić information content (AvgIpc) is 2.25. The van der Waals surface area contributed by atoms with Crippen molar-refractivity contribution in [1.82, 2.24) is 0 Å². The summed E-state index contributed by atoms with van der Waals surface area (Å²) >= 11 is 0. The zero-order chi connectivity index (χ0) is 13.6. The molecule has 1 nitrogen and oxygen atoms in total. The molecule has 0 saturated heterocycles. The summed E-state index contributed by atoms with van der Waals surface area (Å²) in [6, 6.07) is 9.03. The molecular formula is C14H14F3N. The van der Waals surface area contributed by atoms with E-state index in [1.54, 1.807) is 18.2 Å². The van der Waals surface area contributed by atoms with E-state index in [0.717, 1.165) is 11.6 Å². The number of fused-ring (bicyclic) bond motifs is 1. The molecular weight excluding hydrogens is 239 g/mol. The Kier molecular flexibility index (Phi) is 2.86. The smallest absolute Gasteiger partial charge is 0.322 e. The Balaban J connectivity index is 2.68. The maximum absolute atomic E-state index is 12.8. The molecule has 0 unspecified atom stereocenters. The van der Waals surface area contributed by atoms with Crippen molar-refractivity contribution in [3.63, 3.8) is 0 Å². The number of halogens is 3. The summed E-state index contributed by atoms with van der Waals surface area (Å²) in [6.45, 7) is 3.64. The first-order valence-electron chi connectivity index (χ1n) is 5.59. The van der Waals surface area contributed by atoms with Gasteiger partial charge in [0.15, 0.2) is 0 Å². The van der Waals surface area contributed by atoms with Gasteiger partial charge in [0.2, 0.25) is 0 Å². The summed E-state index contributed by atoms with van der Waals surface area (Å²) < 4.78 is 38.5. The zero-order valence-corrected chi connectivity index (χ0v) is 10.2. The molecule has 0 amide bonds. The van der Waals surface area contributed by atoms with Crippen molar-refractivity contribution in [1.29, 1.82) is 0 Å². The van der Waals surface area contributed by atoms with Crippen LogP contribution in [0.15, 0.2) is 36.4 Å². The second-order valence-corrected chi connectivity index (χ2v) is 4.96. The van der Waals surface area contributed by atoms with Crippen LogP contribution in [-0.4, -0.2) is 0 Å². The molecule has 0 saturated carbocycles.